The molecule has 0 fully saturated rings. The molecule has 0 aromatic heterocycles. The van der Waals surface area contributed by atoms with Crippen LogP contribution < -0.4 is 16.0 Å². The zero-order valence-corrected chi connectivity index (χ0v) is 25.3. The Morgan fingerprint density at radius 2 is 1.12 bits per heavy atom. The van der Waals surface area contributed by atoms with Gasteiger partial charge in [-0.15, -0.1) is 0 Å². The third kappa shape index (κ3) is 7.51. The lowest BCUT2D eigenvalue weighted by Gasteiger charge is -2.28. The second-order valence-electron chi connectivity index (χ2n) is 11.1. The summed E-state index contributed by atoms with van der Waals surface area (Å²) in [5.74, 6) is 0. The van der Waals surface area contributed by atoms with Crippen LogP contribution in [-0.4, -0.2) is 0 Å². The van der Waals surface area contributed by atoms with Crippen molar-refractivity contribution in [2.24, 2.45) is 0 Å². The number of rotatable bonds is 12. The van der Waals surface area contributed by atoms with Crippen LogP contribution in [0.4, 0.5) is 0 Å². The standard InChI is InChI=1S/C40H41N3/c1-28-24-25-37(31(4)41-30(3)36-22-15-23-38(26-36)34-18-11-7-12-19-34)27-39(28)32(5)43-40(35-20-13-8-14-21-35)42-29(2)33-16-9-6-10-17-33/h6-27,30,32,40-43H,2,4H2,1,3,5H3. The minimum atomic E-state index is -0.120. The molecule has 0 aliphatic rings. The van der Waals surface area contributed by atoms with Gasteiger partial charge in [0.15, 0.2) is 0 Å². The first kappa shape index (κ1) is 29.6. The molecule has 0 aliphatic carbocycles. The lowest BCUT2D eigenvalue weighted by atomic mass is 9.97. The summed E-state index contributed by atoms with van der Waals surface area (Å²) >= 11 is 0. The van der Waals surface area contributed by atoms with Crippen molar-refractivity contribution in [1.29, 1.82) is 0 Å². The Morgan fingerprint density at radius 1 is 0.535 bits per heavy atom. The van der Waals surface area contributed by atoms with Gasteiger partial charge in [0.1, 0.15) is 6.17 Å². The molecule has 0 saturated carbocycles. The van der Waals surface area contributed by atoms with Crippen molar-refractivity contribution in [3.8, 4) is 11.1 Å². The molecular weight excluding hydrogens is 522 g/mol. The molecule has 0 heterocycles. The van der Waals surface area contributed by atoms with E-state index in [1.807, 2.05) is 30.3 Å². The number of hydrogen-bond donors (Lipinski definition) is 3. The Bertz CT molecular complexity index is 1660. The van der Waals surface area contributed by atoms with Crippen LogP contribution in [0.1, 0.15) is 65.5 Å². The van der Waals surface area contributed by atoms with E-state index in [1.165, 1.54) is 27.8 Å². The molecule has 0 aliphatic heterocycles. The smallest absolute Gasteiger partial charge is 0.104 e. The second-order valence-corrected chi connectivity index (χ2v) is 11.1. The molecule has 0 bridgehead atoms. The largest absolute Gasteiger partial charge is 0.379 e. The van der Waals surface area contributed by atoms with Crippen LogP contribution in [0.5, 0.6) is 0 Å². The minimum absolute atomic E-state index is 0.0639. The average Bonchev–Trinajstić information content (AvgIpc) is 3.05. The van der Waals surface area contributed by atoms with Crippen LogP contribution >= 0.6 is 0 Å². The molecule has 216 valence electrons. The van der Waals surface area contributed by atoms with E-state index < -0.39 is 0 Å². The van der Waals surface area contributed by atoms with E-state index in [0.29, 0.717) is 0 Å². The molecule has 0 saturated heterocycles. The maximum absolute atomic E-state index is 4.43. The van der Waals surface area contributed by atoms with Crippen molar-refractivity contribution in [3.63, 3.8) is 0 Å². The number of aryl methyl sites for hydroxylation is 1. The average molecular weight is 564 g/mol. The topological polar surface area (TPSA) is 36.1 Å². The van der Waals surface area contributed by atoms with Crippen LogP contribution in [0.25, 0.3) is 22.5 Å². The van der Waals surface area contributed by atoms with Gasteiger partial charge in [0, 0.05) is 23.5 Å². The Morgan fingerprint density at radius 3 is 1.81 bits per heavy atom. The maximum Gasteiger partial charge on any atom is 0.104 e. The fraction of sp³-hybridized carbons (Fsp3) is 0.150. The fourth-order valence-corrected chi connectivity index (χ4v) is 5.44. The molecule has 5 aromatic carbocycles. The molecule has 3 nitrogen and oxygen atoms in total. The molecule has 5 aromatic rings. The third-order valence-corrected chi connectivity index (χ3v) is 7.97. The van der Waals surface area contributed by atoms with Crippen molar-refractivity contribution in [3.05, 3.63) is 180 Å². The molecule has 3 heteroatoms. The first-order valence-electron chi connectivity index (χ1n) is 14.9. The molecular formula is C40H41N3. The SMILES string of the molecule is C=C(NC(C)c1cccc(-c2ccccc2)c1)c1ccc(C)c(C(C)NC(NC(=C)c2ccccc2)c2ccccc2)c1. The Labute approximate surface area is 257 Å². The zero-order chi connectivity index (χ0) is 30.2. The highest BCUT2D eigenvalue weighted by Gasteiger charge is 2.19. The molecule has 0 amide bonds. The summed E-state index contributed by atoms with van der Waals surface area (Å²) in [7, 11) is 0. The summed E-state index contributed by atoms with van der Waals surface area (Å²) in [6, 6.07) is 46.7. The Balaban J connectivity index is 1.32. The summed E-state index contributed by atoms with van der Waals surface area (Å²) in [5.41, 5.74) is 11.2. The Hall–Kier alpha value is -4.86. The van der Waals surface area contributed by atoms with E-state index in [1.54, 1.807) is 0 Å². The number of hydrogen-bond acceptors (Lipinski definition) is 3. The summed E-state index contributed by atoms with van der Waals surface area (Å²) in [6.45, 7) is 15.3. The summed E-state index contributed by atoms with van der Waals surface area (Å²) in [6.07, 6.45) is -0.120. The van der Waals surface area contributed by atoms with Gasteiger partial charge in [-0.05, 0) is 77.4 Å². The van der Waals surface area contributed by atoms with Crippen LogP contribution in [0, 0.1) is 6.92 Å². The van der Waals surface area contributed by atoms with E-state index >= 15 is 0 Å². The van der Waals surface area contributed by atoms with Crippen LogP contribution in [0.3, 0.4) is 0 Å². The molecule has 5 rings (SSSR count). The lowest BCUT2D eigenvalue weighted by molar-refractivity contribution is 0.438. The van der Waals surface area contributed by atoms with Gasteiger partial charge >= 0.3 is 0 Å². The summed E-state index contributed by atoms with van der Waals surface area (Å²) < 4.78 is 0. The minimum Gasteiger partial charge on any atom is -0.379 e. The van der Waals surface area contributed by atoms with Gasteiger partial charge in [-0.25, -0.2) is 0 Å². The molecule has 43 heavy (non-hydrogen) atoms. The molecule has 0 spiro atoms. The summed E-state index contributed by atoms with van der Waals surface area (Å²) in [5, 5.41) is 11.1. The van der Waals surface area contributed by atoms with E-state index in [-0.39, 0.29) is 18.2 Å². The highest BCUT2D eigenvalue weighted by atomic mass is 15.1. The first-order chi connectivity index (χ1) is 20.9. The van der Waals surface area contributed by atoms with E-state index in [2.05, 4.69) is 153 Å². The molecule has 3 atom stereocenters. The highest BCUT2D eigenvalue weighted by Crippen LogP contribution is 2.28. The maximum atomic E-state index is 4.43. The van der Waals surface area contributed by atoms with Gasteiger partial charge in [-0.2, -0.15) is 0 Å². The van der Waals surface area contributed by atoms with Crippen molar-refractivity contribution >= 4 is 11.4 Å². The predicted molar refractivity (Wildman–Crippen MR) is 183 cm³/mol. The monoisotopic (exact) mass is 563 g/mol. The normalized spacial score (nSPS) is 13.0. The number of benzene rings is 5. The van der Waals surface area contributed by atoms with E-state index in [9.17, 15) is 0 Å². The zero-order valence-electron chi connectivity index (χ0n) is 25.3. The van der Waals surface area contributed by atoms with Gasteiger partial charge in [0.25, 0.3) is 0 Å². The van der Waals surface area contributed by atoms with Gasteiger partial charge in [0.05, 0.1) is 0 Å². The predicted octanol–water partition coefficient (Wildman–Crippen LogP) is 9.59. The van der Waals surface area contributed by atoms with E-state index in [4.69, 9.17) is 0 Å². The lowest BCUT2D eigenvalue weighted by Crippen LogP contribution is -2.35. The molecule has 3 unspecified atom stereocenters. The van der Waals surface area contributed by atoms with Crippen molar-refractivity contribution in [1.82, 2.24) is 16.0 Å². The molecule has 3 N–H and O–H groups in total. The summed E-state index contributed by atoms with van der Waals surface area (Å²) in [4.78, 5) is 0. The van der Waals surface area contributed by atoms with Gasteiger partial charge in [0.2, 0.25) is 0 Å². The van der Waals surface area contributed by atoms with Crippen LogP contribution in [0.15, 0.2) is 147 Å². The molecule has 0 radical (unpaired) electrons. The highest BCUT2D eigenvalue weighted by molar-refractivity contribution is 5.66. The van der Waals surface area contributed by atoms with Crippen LogP contribution in [0.2, 0.25) is 0 Å². The van der Waals surface area contributed by atoms with Gasteiger partial charge < -0.3 is 10.6 Å². The van der Waals surface area contributed by atoms with Crippen molar-refractivity contribution in [2.45, 2.75) is 39.0 Å². The van der Waals surface area contributed by atoms with Crippen molar-refractivity contribution in [2.75, 3.05) is 0 Å². The fourth-order valence-electron chi connectivity index (χ4n) is 5.44. The Kier molecular flexibility index (Phi) is 9.56. The number of nitrogens with one attached hydrogen (secondary N) is 3. The third-order valence-electron chi connectivity index (χ3n) is 7.97. The van der Waals surface area contributed by atoms with Crippen molar-refractivity contribution < 1.29 is 0 Å². The van der Waals surface area contributed by atoms with Crippen LogP contribution in [-0.2, 0) is 0 Å². The van der Waals surface area contributed by atoms with Gasteiger partial charge in [-0.1, -0.05) is 134 Å². The second kappa shape index (κ2) is 13.9. The quantitative estimate of drug-likeness (QED) is 0.132. The van der Waals surface area contributed by atoms with Gasteiger partial charge in [-0.3, -0.25) is 5.32 Å². The first-order valence-corrected chi connectivity index (χ1v) is 14.9. The van der Waals surface area contributed by atoms with E-state index in [0.717, 1.165) is 28.1 Å².